The maximum Gasteiger partial charge on any atom is 0.0239 e. The molecule has 0 N–H and O–H groups in total. The minimum absolute atomic E-state index is 0. The van der Waals surface area contributed by atoms with Gasteiger partial charge in [-0.2, -0.15) is 11.3 Å². The number of thiophene rings is 1. The molecule has 7 aromatic rings. The molecule has 4 aromatic carbocycles. The third-order valence-corrected chi connectivity index (χ3v) is 14.7. The third kappa shape index (κ3) is 7.58. The van der Waals surface area contributed by atoms with Gasteiger partial charge in [0.25, 0.3) is 0 Å². The second-order valence-electron chi connectivity index (χ2n) is 13.5. The number of hydrogen-bond donors (Lipinski definition) is 0. The first-order valence-electron chi connectivity index (χ1n) is 16.8. The molecule has 0 bridgehead atoms. The van der Waals surface area contributed by atoms with Gasteiger partial charge < -0.3 is 4.98 Å². The molecule has 8 rings (SSSR count). The standard InChI is InChI=1S/C29H24NS.C14H16GeN.Ir/c1-3-9-20(10-4-1)22-17-18-30-26(19-22)24-16-15-23(21-11-5-2-6-12-21)28-25-13-7-8-14-27(25)31-29(24)28;1-15(2,3)13-9-10-14(16-11-13)12-7-5-4-6-8-12;/h2,5-8,11-15,17-20H,1,3-4,9-10H2;4-7,9-11H,1-3H3;/q2*-1;. The van der Waals surface area contributed by atoms with Crippen molar-refractivity contribution < 1.29 is 20.1 Å². The van der Waals surface area contributed by atoms with E-state index < -0.39 is 13.3 Å². The zero-order valence-electron chi connectivity index (χ0n) is 27.8. The first-order valence-corrected chi connectivity index (χ1v) is 24.9. The van der Waals surface area contributed by atoms with Gasteiger partial charge in [-0.1, -0.05) is 95.9 Å². The van der Waals surface area contributed by atoms with Crippen molar-refractivity contribution in [2.75, 3.05) is 0 Å². The Bertz CT molecular complexity index is 2100. The Morgan fingerprint density at radius 1 is 0.750 bits per heavy atom. The van der Waals surface area contributed by atoms with E-state index in [1.54, 1.807) is 0 Å². The summed E-state index contributed by atoms with van der Waals surface area (Å²) in [5.74, 6) is 7.82. The van der Waals surface area contributed by atoms with Crippen molar-refractivity contribution in [2.45, 2.75) is 55.3 Å². The molecular weight excluding hydrogens is 841 g/mol. The van der Waals surface area contributed by atoms with Crippen LogP contribution in [0.25, 0.3) is 53.8 Å². The van der Waals surface area contributed by atoms with Crippen LogP contribution in [0.2, 0.25) is 17.3 Å². The Kier molecular flexibility index (Phi) is 11.1. The molecule has 1 saturated carbocycles. The van der Waals surface area contributed by atoms with E-state index in [1.807, 2.05) is 48.0 Å². The third-order valence-electron chi connectivity index (χ3n) is 9.27. The van der Waals surface area contributed by atoms with E-state index in [4.69, 9.17) is 4.98 Å². The Balaban J connectivity index is 0.000000201. The van der Waals surface area contributed by atoms with E-state index in [1.165, 1.54) is 73.4 Å². The molecule has 5 heteroatoms. The molecule has 1 aliphatic rings. The largest absolute Gasteiger partial charge is 0.305 e. The first kappa shape index (κ1) is 34.5. The molecule has 48 heavy (non-hydrogen) atoms. The number of rotatable bonds is 5. The second-order valence-corrected chi connectivity index (χ2v) is 25.2. The van der Waals surface area contributed by atoms with Crippen LogP contribution in [0.5, 0.6) is 0 Å². The van der Waals surface area contributed by atoms with Crippen LogP contribution in [0.1, 0.15) is 43.6 Å². The number of fused-ring (bicyclic) bond motifs is 3. The maximum atomic E-state index is 4.80. The van der Waals surface area contributed by atoms with Gasteiger partial charge in [-0.25, -0.2) is 0 Å². The molecule has 0 amide bonds. The van der Waals surface area contributed by atoms with E-state index in [-0.39, 0.29) is 20.1 Å². The van der Waals surface area contributed by atoms with Crippen LogP contribution in [0.4, 0.5) is 0 Å². The van der Waals surface area contributed by atoms with Gasteiger partial charge >= 0.3 is 99.8 Å². The molecule has 1 fully saturated rings. The van der Waals surface area contributed by atoms with Gasteiger partial charge in [0.05, 0.1) is 0 Å². The van der Waals surface area contributed by atoms with Crippen molar-refractivity contribution in [3.63, 3.8) is 0 Å². The SMILES string of the molecule is [CH3][Ge]([CH3])([CH3])[c]1ccc(-c2[c-]cccc2)nc1.[Ir].[c-]1cc(-c2ccccc2)c2c(sc3ccccc32)c1-c1cc(C2CCCCC2)ccn1. The van der Waals surface area contributed by atoms with E-state index in [9.17, 15) is 0 Å². The van der Waals surface area contributed by atoms with Crippen LogP contribution < -0.4 is 4.40 Å². The fourth-order valence-electron chi connectivity index (χ4n) is 6.63. The average Bonchev–Trinajstić information content (AvgIpc) is 3.52. The van der Waals surface area contributed by atoms with Crippen LogP contribution in [0.15, 0.2) is 122 Å². The van der Waals surface area contributed by atoms with Gasteiger partial charge in [-0.05, 0) is 46.7 Å². The second kappa shape index (κ2) is 15.4. The van der Waals surface area contributed by atoms with Crippen LogP contribution in [0, 0.1) is 12.1 Å². The van der Waals surface area contributed by atoms with E-state index in [2.05, 4.69) is 119 Å². The maximum absolute atomic E-state index is 4.80. The van der Waals surface area contributed by atoms with Gasteiger partial charge in [0.15, 0.2) is 0 Å². The Labute approximate surface area is 305 Å². The van der Waals surface area contributed by atoms with Crippen molar-refractivity contribution >= 4 is 49.2 Å². The molecular formula is C43H40GeIrN2S-2. The smallest absolute Gasteiger partial charge is 0.0239 e. The number of benzene rings is 4. The van der Waals surface area contributed by atoms with Gasteiger partial charge in [-0.3, -0.25) is 0 Å². The molecule has 1 aliphatic carbocycles. The summed E-state index contributed by atoms with van der Waals surface area (Å²) in [5.41, 5.74) is 8.20. The Hall–Kier alpha value is -3.41. The van der Waals surface area contributed by atoms with Gasteiger partial charge in [0.2, 0.25) is 0 Å². The van der Waals surface area contributed by atoms with E-state index >= 15 is 0 Å². The number of hydrogen-bond acceptors (Lipinski definition) is 3. The summed E-state index contributed by atoms with van der Waals surface area (Å²) < 4.78 is 4.05. The van der Waals surface area contributed by atoms with Crippen LogP contribution in [-0.2, 0) is 20.1 Å². The molecule has 3 aromatic heterocycles. The molecule has 0 aliphatic heterocycles. The minimum Gasteiger partial charge on any atom is -0.305 e. The number of aromatic nitrogens is 2. The molecule has 0 atom stereocenters. The summed E-state index contributed by atoms with van der Waals surface area (Å²) in [5, 5.41) is 2.64. The summed E-state index contributed by atoms with van der Waals surface area (Å²) in [6, 6.07) is 45.3. The fourth-order valence-corrected chi connectivity index (χ4v) is 10.0. The molecule has 0 saturated heterocycles. The molecule has 0 spiro atoms. The quantitative estimate of drug-likeness (QED) is 0.127. The Morgan fingerprint density at radius 2 is 1.52 bits per heavy atom. The van der Waals surface area contributed by atoms with Gasteiger partial charge in [0.1, 0.15) is 0 Å². The minimum atomic E-state index is -1.72. The van der Waals surface area contributed by atoms with E-state index in [0.29, 0.717) is 5.92 Å². The van der Waals surface area contributed by atoms with Crippen molar-refractivity contribution in [1.29, 1.82) is 0 Å². The predicted molar refractivity (Wildman–Crippen MR) is 204 cm³/mol. The van der Waals surface area contributed by atoms with E-state index in [0.717, 1.165) is 22.5 Å². The normalized spacial score (nSPS) is 13.5. The number of nitrogens with zero attached hydrogens (tertiary/aromatic N) is 2. The number of pyridine rings is 2. The summed E-state index contributed by atoms with van der Waals surface area (Å²) in [7, 11) is 0. The molecule has 243 valence electrons. The molecule has 0 unspecified atom stereocenters. The van der Waals surface area contributed by atoms with Crippen molar-refractivity contribution in [2.24, 2.45) is 0 Å². The van der Waals surface area contributed by atoms with Crippen LogP contribution >= 0.6 is 11.3 Å². The van der Waals surface area contributed by atoms with Crippen molar-refractivity contribution in [3.05, 3.63) is 139 Å². The summed E-state index contributed by atoms with van der Waals surface area (Å²) in [6.45, 7) is 0. The Morgan fingerprint density at radius 3 is 2.25 bits per heavy atom. The zero-order valence-corrected chi connectivity index (χ0v) is 33.1. The summed E-state index contributed by atoms with van der Waals surface area (Å²) in [6.07, 6.45) is 10.7. The van der Waals surface area contributed by atoms with Gasteiger partial charge in [-0.15, -0.1) is 17.7 Å². The summed E-state index contributed by atoms with van der Waals surface area (Å²) in [4.78, 5) is 9.33. The van der Waals surface area contributed by atoms with Crippen LogP contribution in [0.3, 0.4) is 0 Å². The molecule has 1 radical (unpaired) electrons. The average molecular weight is 882 g/mol. The topological polar surface area (TPSA) is 25.8 Å². The zero-order chi connectivity index (χ0) is 32.2. The predicted octanol–water partition coefficient (Wildman–Crippen LogP) is 11.7. The first-order chi connectivity index (χ1) is 23.0. The monoisotopic (exact) mass is 883 g/mol. The van der Waals surface area contributed by atoms with Crippen molar-refractivity contribution in [1.82, 2.24) is 9.97 Å². The van der Waals surface area contributed by atoms with Gasteiger partial charge in [0, 0.05) is 31.0 Å². The van der Waals surface area contributed by atoms with Crippen molar-refractivity contribution in [3.8, 4) is 33.6 Å². The summed E-state index contributed by atoms with van der Waals surface area (Å²) >= 11 is 0.146. The van der Waals surface area contributed by atoms with Crippen LogP contribution in [-0.4, -0.2) is 23.2 Å². The molecule has 2 nitrogen and oxygen atoms in total. The molecule has 3 heterocycles. The fraction of sp³-hybridized carbons (Fsp3) is 0.209.